The number of aromatic nitrogens is 1. The van der Waals surface area contributed by atoms with Crippen LogP contribution in [0.15, 0.2) is 75.9 Å². The summed E-state index contributed by atoms with van der Waals surface area (Å²) in [6.45, 7) is 1.11. The van der Waals surface area contributed by atoms with E-state index in [2.05, 4.69) is 20.9 Å². The van der Waals surface area contributed by atoms with Gasteiger partial charge in [0.2, 0.25) is 0 Å². The smallest absolute Gasteiger partial charge is 0.289 e. The van der Waals surface area contributed by atoms with Crippen molar-refractivity contribution in [3.8, 4) is 0 Å². The molecule has 0 spiro atoms. The number of carbonyl (C=O) groups excluding carboxylic acids is 1. The lowest BCUT2D eigenvalue weighted by Crippen LogP contribution is -2.32. The minimum Gasteiger partial charge on any atom is -0.444 e. The van der Waals surface area contributed by atoms with Gasteiger partial charge in [0.25, 0.3) is 5.91 Å². The molecule has 3 rings (SSSR count). The van der Waals surface area contributed by atoms with E-state index in [1.807, 2.05) is 48.5 Å². The molecule has 0 unspecified atom stereocenters. The van der Waals surface area contributed by atoms with Gasteiger partial charge in [0.05, 0.1) is 0 Å². The Morgan fingerprint density at radius 3 is 2.50 bits per heavy atom. The number of pyridine rings is 1. The first-order valence-corrected chi connectivity index (χ1v) is 8.50. The lowest BCUT2D eigenvalue weighted by Gasteiger charge is -2.21. The monoisotopic (exact) mass is 384 g/mol. The Balaban J connectivity index is 1.76. The second kappa shape index (κ2) is 7.93. The number of benzene rings is 1. The Labute approximate surface area is 149 Å². The van der Waals surface area contributed by atoms with E-state index in [4.69, 9.17) is 4.42 Å². The predicted molar refractivity (Wildman–Crippen MR) is 95.5 cm³/mol. The van der Waals surface area contributed by atoms with Crippen molar-refractivity contribution in [1.29, 1.82) is 0 Å². The highest BCUT2D eigenvalue weighted by Crippen LogP contribution is 2.17. The summed E-state index contributed by atoms with van der Waals surface area (Å²) in [7, 11) is 0. The summed E-state index contributed by atoms with van der Waals surface area (Å²) in [5, 5.41) is 0. The number of rotatable bonds is 6. The van der Waals surface area contributed by atoms with Crippen molar-refractivity contribution in [3.63, 3.8) is 0 Å². The fraction of sp³-hybridized carbons (Fsp3) is 0.158. The molecule has 0 bridgehead atoms. The molecule has 2 heterocycles. The summed E-state index contributed by atoms with van der Waals surface area (Å²) in [5.74, 6) is 0.208. The molecule has 4 nitrogen and oxygen atoms in total. The number of amides is 1. The summed E-state index contributed by atoms with van der Waals surface area (Å²) in [6, 6.07) is 19.2. The highest BCUT2D eigenvalue weighted by molar-refractivity contribution is 9.10. The van der Waals surface area contributed by atoms with E-state index in [0.717, 1.165) is 11.3 Å². The summed E-state index contributed by atoms with van der Waals surface area (Å²) in [6.07, 6.45) is 2.46. The third-order valence-electron chi connectivity index (χ3n) is 3.65. The Morgan fingerprint density at radius 1 is 1.04 bits per heavy atom. The zero-order valence-electron chi connectivity index (χ0n) is 13.1. The Morgan fingerprint density at radius 2 is 1.83 bits per heavy atom. The summed E-state index contributed by atoms with van der Waals surface area (Å²) in [5.41, 5.74) is 2.04. The summed E-state index contributed by atoms with van der Waals surface area (Å²) >= 11 is 3.24. The number of furan rings is 1. The molecule has 0 aliphatic carbocycles. The standard InChI is InChI=1S/C19H17BrN2O2/c20-18-10-9-17(24-18)19(23)22(14-15-6-2-1-3-7-15)13-11-16-8-4-5-12-21-16/h1-10,12H,11,13-14H2. The fourth-order valence-corrected chi connectivity index (χ4v) is 2.74. The van der Waals surface area contributed by atoms with Crippen LogP contribution in [0.5, 0.6) is 0 Å². The van der Waals surface area contributed by atoms with Crippen LogP contribution in [0.4, 0.5) is 0 Å². The first-order valence-electron chi connectivity index (χ1n) is 7.71. The first kappa shape index (κ1) is 16.5. The molecular weight excluding hydrogens is 368 g/mol. The summed E-state index contributed by atoms with van der Waals surface area (Å²) < 4.78 is 5.98. The minimum absolute atomic E-state index is 0.125. The molecule has 0 saturated carbocycles. The van der Waals surface area contributed by atoms with Crippen molar-refractivity contribution in [3.05, 3.63) is 88.5 Å². The molecule has 0 aliphatic heterocycles. The molecule has 0 saturated heterocycles. The molecular formula is C19H17BrN2O2. The van der Waals surface area contributed by atoms with Gasteiger partial charge in [-0.1, -0.05) is 36.4 Å². The van der Waals surface area contributed by atoms with Crippen LogP contribution < -0.4 is 0 Å². The zero-order valence-corrected chi connectivity index (χ0v) is 14.6. The van der Waals surface area contributed by atoms with Gasteiger partial charge < -0.3 is 9.32 Å². The molecule has 3 aromatic rings. The summed E-state index contributed by atoms with van der Waals surface area (Å²) in [4.78, 5) is 18.9. The van der Waals surface area contributed by atoms with Crippen molar-refractivity contribution in [2.45, 2.75) is 13.0 Å². The second-order valence-corrected chi connectivity index (χ2v) is 6.17. The van der Waals surface area contributed by atoms with Crippen LogP contribution in [-0.2, 0) is 13.0 Å². The minimum atomic E-state index is -0.125. The van der Waals surface area contributed by atoms with Gasteiger partial charge in [0, 0.05) is 31.4 Å². The maximum Gasteiger partial charge on any atom is 0.289 e. The first-order chi connectivity index (χ1) is 11.7. The highest BCUT2D eigenvalue weighted by atomic mass is 79.9. The molecule has 2 aromatic heterocycles. The van der Waals surface area contributed by atoms with Gasteiger partial charge in [0.15, 0.2) is 10.4 Å². The third kappa shape index (κ3) is 4.32. The largest absolute Gasteiger partial charge is 0.444 e. The van der Waals surface area contributed by atoms with Crippen molar-refractivity contribution < 1.29 is 9.21 Å². The van der Waals surface area contributed by atoms with E-state index in [0.29, 0.717) is 29.9 Å². The van der Waals surface area contributed by atoms with Crippen LogP contribution in [0.1, 0.15) is 21.8 Å². The van der Waals surface area contributed by atoms with E-state index in [1.54, 1.807) is 23.2 Å². The molecule has 0 fully saturated rings. The molecule has 1 aromatic carbocycles. The van der Waals surface area contributed by atoms with Crippen LogP contribution in [0.25, 0.3) is 0 Å². The molecule has 0 aliphatic rings. The van der Waals surface area contributed by atoms with Gasteiger partial charge in [0.1, 0.15) is 0 Å². The lowest BCUT2D eigenvalue weighted by molar-refractivity contribution is 0.0711. The number of carbonyl (C=O) groups is 1. The topological polar surface area (TPSA) is 46.3 Å². The van der Waals surface area contributed by atoms with Crippen LogP contribution >= 0.6 is 15.9 Å². The van der Waals surface area contributed by atoms with Gasteiger partial charge in [-0.25, -0.2) is 0 Å². The van der Waals surface area contributed by atoms with E-state index in [-0.39, 0.29) is 5.91 Å². The number of halogens is 1. The van der Waals surface area contributed by atoms with Gasteiger partial charge in [-0.2, -0.15) is 0 Å². The SMILES string of the molecule is O=C(c1ccc(Br)o1)N(CCc1ccccn1)Cc1ccccc1. The van der Waals surface area contributed by atoms with Crippen molar-refractivity contribution in [2.75, 3.05) is 6.54 Å². The average molecular weight is 385 g/mol. The molecule has 5 heteroatoms. The van der Waals surface area contributed by atoms with Gasteiger partial charge in [-0.15, -0.1) is 0 Å². The van der Waals surface area contributed by atoms with E-state index in [1.165, 1.54) is 0 Å². The Bertz CT molecular complexity index is 787. The van der Waals surface area contributed by atoms with Crippen LogP contribution in [0.2, 0.25) is 0 Å². The van der Waals surface area contributed by atoms with E-state index in [9.17, 15) is 4.79 Å². The van der Waals surface area contributed by atoms with Crippen LogP contribution in [0, 0.1) is 0 Å². The average Bonchev–Trinajstić information content (AvgIpc) is 3.06. The lowest BCUT2D eigenvalue weighted by atomic mass is 10.2. The van der Waals surface area contributed by atoms with E-state index >= 15 is 0 Å². The normalized spacial score (nSPS) is 10.5. The van der Waals surface area contributed by atoms with Crippen molar-refractivity contribution in [2.24, 2.45) is 0 Å². The predicted octanol–water partition coefficient (Wildman–Crippen LogP) is 4.32. The van der Waals surface area contributed by atoms with Gasteiger partial charge in [-0.3, -0.25) is 9.78 Å². The second-order valence-electron chi connectivity index (χ2n) is 5.39. The Hall–Kier alpha value is -2.40. The maximum absolute atomic E-state index is 12.8. The number of nitrogens with zero attached hydrogens (tertiary/aromatic N) is 2. The molecule has 0 N–H and O–H groups in total. The zero-order chi connectivity index (χ0) is 16.8. The van der Waals surface area contributed by atoms with Crippen LogP contribution in [0.3, 0.4) is 0 Å². The maximum atomic E-state index is 12.8. The van der Waals surface area contributed by atoms with Crippen molar-refractivity contribution in [1.82, 2.24) is 9.88 Å². The van der Waals surface area contributed by atoms with Gasteiger partial charge in [-0.05, 0) is 45.8 Å². The fourth-order valence-electron chi connectivity index (χ4n) is 2.44. The van der Waals surface area contributed by atoms with Crippen LogP contribution in [-0.4, -0.2) is 22.3 Å². The molecule has 24 heavy (non-hydrogen) atoms. The molecule has 0 atom stereocenters. The molecule has 0 radical (unpaired) electrons. The third-order valence-corrected chi connectivity index (χ3v) is 4.08. The quantitative estimate of drug-likeness (QED) is 0.635. The number of hydrogen-bond acceptors (Lipinski definition) is 3. The molecule has 1 amide bonds. The highest BCUT2D eigenvalue weighted by Gasteiger charge is 2.19. The molecule has 122 valence electrons. The Kier molecular flexibility index (Phi) is 5.43. The van der Waals surface area contributed by atoms with Crippen molar-refractivity contribution >= 4 is 21.8 Å². The van der Waals surface area contributed by atoms with E-state index < -0.39 is 0 Å². The number of hydrogen-bond donors (Lipinski definition) is 0. The van der Waals surface area contributed by atoms with Gasteiger partial charge >= 0.3 is 0 Å².